The Kier molecular flexibility index (Phi) is 8.91. The highest BCUT2D eigenvalue weighted by Crippen LogP contribution is 2.41. The van der Waals surface area contributed by atoms with Gasteiger partial charge in [0.2, 0.25) is 0 Å². The van der Waals surface area contributed by atoms with Crippen molar-refractivity contribution in [3.63, 3.8) is 0 Å². The van der Waals surface area contributed by atoms with Gasteiger partial charge in [0.1, 0.15) is 42.6 Å². The average molecular weight is 729 g/mol. The minimum absolute atomic E-state index is 0.340. The largest absolute Gasteiger partial charge is 0.455 e. The van der Waals surface area contributed by atoms with E-state index in [1.54, 1.807) is 0 Å². The van der Waals surface area contributed by atoms with Crippen LogP contribution in [0.5, 0.6) is 0 Å². The van der Waals surface area contributed by atoms with Crippen LogP contribution in [0.2, 0.25) is 0 Å². The molecule has 0 aliphatic heterocycles. The molecule has 262 valence electrons. The zero-order valence-corrected chi connectivity index (χ0v) is 31.6. The Hall–Kier alpha value is -6.90. The monoisotopic (exact) mass is 729 g/mol. The van der Waals surface area contributed by atoms with Crippen LogP contribution in [0.3, 0.4) is 0 Å². The van der Waals surface area contributed by atoms with Crippen LogP contribution >= 0.6 is 0 Å². The maximum Gasteiger partial charge on any atom is 0.143 e. The van der Waals surface area contributed by atoms with Crippen LogP contribution in [0.4, 0.5) is 17.1 Å². The van der Waals surface area contributed by atoms with Gasteiger partial charge in [-0.25, -0.2) is 0 Å². The Balaban J connectivity index is 1.10. The van der Waals surface area contributed by atoms with E-state index in [1.165, 1.54) is 0 Å². The minimum Gasteiger partial charge on any atom is -0.455 e. The van der Waals surface area contributed by atoms with E-state index < -0.39 is 0 Å². The third-order valence-electron chi connectivity index (χ3n) is 11.2. The second-order valence-electron chi connectivity index (χ2n) is 14.6. The molecular formula is C52H31B4NO. The third kappa shape index (κ3) is 6.04. The summed E-state index contributed by atoms with van der Waals surface area (Å²) in [7, 11) is 28.0. The van der Waals surface area contributed by atoms with E-state index in [-0.39, 0.29) is 0 Å². The smallest absolute Gasteiger partial charge is 0.143 e. The number of hydrogen-bond acceptors (Lipinski definition) is 2. The summed E-state index contributed by atoms with van der Waals surface area (Å²) in [6.07, 6.45) is 0. The molecule has 58 heavy (non-hydrogen) atoms. The van der Waals surface area contributed by atoms with E-state index in [4.69, 9.17) is 35.8 Å². The van der Waals surface area contributed by atoms with E-state index in [1.807, 2.05) is 77.7 Å². The van der Waals surface area contributed by atoms with Crippen LogP contribution in [0, 0.1) is 0 Å². The first-order chi connectivity index (χ1) is 28.4. The lowest BCUT2D eigenvalue weighted by Crippen LogP contribution is -2.46. The third-order valence-corrected chi connectivity index (χ3v) is 11.2. The van der Waals surface area contributed by atoms with Crippen LogP contribution < -0.4 is 26.8 Å². The molecule has 2 nitrogen and oxygen atoms in total. The Bertz CT molecular complexity index is 3090. The molecule has 0 aliphatic rings. The lowest BCUT2D eigenvalue weighted by atomic mass is 9.64. The average Bonchev–Trinajstić information content (AvgIpc) is 3.68. The maximum atomic E-state index is 7.06. The lowest BCUT2D eigenvalue weighted by molar-refractivity contribution is 0.673. The maximum absolute atomic E-state index is 7.06. The van der Waals surface area contributed by atoms with E-state index in [9.17, 15) is 0 Å². The highest BCUT2D eigenvalue weighted by Gasteiger charge is 2.23. The van der Waals surface area contributed by atoms with Crippen LogP contribution in [0.15, 0.2) is 192 Å². The summed E-state index contributed by atoms with van der Waals surface area (Å²) < 4.78 is 6.50. The van der Waals surface area contributed by atoms with Crippen molar-refractivity contribution >= 4 is 103 Å². The number of hydrogen-bond donors (Lipinski definition) is 0. The van der Waals surface area contributed by atoms with Crippen LogP contribution in [0.1, 0.15) is 0 Å². The highest BCUT2D eigenvalue weighted by molar-refractivity contribution is 6.63. The van der Waals surface area contributed by atoms with Gasteiger partial charge in [0.25, 0.3) is 0 Å². The van der Waals surface area contributed by atoms with Gasteiger partial charge in [-0.05, 0) is 86.3 Å². The first kappa shape index (κ1) is 35.5. The Labute approximate surface area is 343 Å². The van der Waals surface area contributed by atoms with Crippen molar-refractivity contribution in [1.29, 1.82) is 0 Å². The number of fused-ring (bicyclic) bond motifs is 5. The van der Waals surface area contributed by atoms with Crippen molar-refractivity contribution in [2.24, 2.45) is 0 Å². The van der Waals surface area contributed by atoms with E-state index in [0.29, 0.717) is 33.1 Å². The van der Waals surface area contributed by atoms with Gasteiger partial charge in [-0.3, -0.25) is 0 Å². The zero-order chi connectivity index (χ0) is 39.3. The quantitative estimate of drug-likeness (QED) is 0.152. The van der Waals surface area contributed by atoms with Crippen molar-refractivity contribution in [3.8, 4) is 44.5 Å². The van der Waals surface area contributed by atoms with Crippen molar-refractivity contribution in [1.82, 2.24) is 0 Å². The Morgan fingerprint density at radius 3 is 1.47 bits per heavy atom. The summed E-state index contributed by atoms with van der Waals surface area (Å²) in [4.78, 5) is 2.04. The number of benzene rings is 9. The van der Waals surface area contributed by atoms with Crippen molar-refractivity contribution in [3.05, 3.63) is 188 Å². The van der Waals surface area contributed by atoms with Gasteiger partial charge in [0.15, 0.2) is 0 Å². The second-order valence-corrected chi connectivity index (χ2v) is 14.6. The number of rotatable bonds is 7. The van der Waals surface area contributed by atoms with E-state index in [0.717, 1.165) is 83.0 Å². The standard InChI is InChI=1S/C52H31B4NO/c53-47-45(38-20-18-34(19-21-38)32-10-3-1-4-11-32)48(54)50(56)51(49(47)55)57(39-27-22-35(23-28-39)33-12-5-2-6-13-33)40-29-24-37(25-30-40)41-16-9-17-44-46(41)43-31-26-36-14-7-8-15-42(36)52(43)58-44/h1-31H. The summed E-state index contributed by atoms with van der Waals surface area (Å²) in [5.41, 5.74) is 13.3. The molecule has 10 aromatic rings. The van der Waals surface area contributed by atoms with Gasteiger partial charge in [-0.15, -0.1) is 0 Å². The molecule has 0 saturated carbocycles. The fourth-order valence-corrected chi connectivity index (χ4v) is 8.25. The number of nitrogens with zero attached hydrogens (tertiary/aromatic N) is 1. The molecule has 1 aromatic heterocycles. The molecule has 0 atom stereocenters. The zero-order valence-electron chi connectivity index (χ0n) is 31.6. The van der Waals surface area contributed by atoms with Crippen molar-refractivity contribution < 1.29 is 4.42 Å². The van der Waals surface area contributed by atoms with Gasteiger partial charge in [0.05, 0.1) is 0 Å². The Morgan fingerprint density at radius 2 is 0.862 bits per heavy atom. The van der Waals surface area contributed by atoms with Crippen molar-refractivity contribution in [2.75, 3.05) is 4.90 Å². The molecule has 9 aromatic carbocycles. The SMILES string of the molecule is [B]c1c([B])c(N(c2ccc(-c3ccccc3)cc2)c2ccc(-c3cccc4oc5c6ccccc6ccc5c34)cc2)c([B])c([B])c1-c1ccc(-c2ccccc2)cc1. The number of anilines is 3. The molecule has 8 radical (unpaired) electrons. The highest BCUT2D eigenvalue weighted by atomic mass is 16.3. The van der Waals surface area contributed by atoms with Gasteiger partial charge >= 0.3 is 0 Å². The second kappa shape index (κ2) is 14.6. The topological polar surface area (TPSA) is 16.4 Å². The molecule has 10 rings (SSSR count). The summed E-state index contributed by atoms with van der Waals surface area (Å²) in [6, 6.07) is 64.2. The molecule has 0 unspecified atom stereocenters. The molecule has 0 bridgehead atoms. The van der Waals surface area contributed by atoms with E-state index in [2.05, 4.69) is 115 Å². The van der Waals surface area contributed by atoms with Crippen LogP contribution in [-0.4, -0.2) is 31.4 Å². The summed E-state index contributed by atoms with van der Waals surface area (Å²) in [5.74, 6) is 0. The molecule has 0 aliphatic carbocycles. The summed E-state index contributed by atoms with van der Waals surface area (Å²) in [6.45, 7) is 0. The first-order valence-electron chi connectivity index (χ1n) is 19.3. The van der Waals surface area contributed by atoms with Gasteiger partial charge in [-0.2, -0.15) is 0 Å². The number of furan rings is 1. The molecule has 0 saturated heterocycles. The molecule has 0 N–H and O–H groups in total. The molecule has 0 amide bonds. The minimum atomic E-state index is 0.340. The van der Waals surface area contributed by atoms with Gasteiger partial charge in [0, 0.05) is 33.2 Å². The Morgan fingerprint density at radius 1 is 0.362 bits per heavy atom. The van der Waals surface area contributed by atoms with Crippen LogP contribution in [0.25, 0.3) is 77.2 Å². The molecule has 0 spiro atoms. The summed E-state index contributed by atoms with van der Waals surface area (Å²) in [5, 5.41) is 4.39. The predicted octanol–water partition coefficient (Wildman–Crippen LogP) is 10.1. The van der Waals surface area contributed by atoms with E-state index >= 15 is 0 Å². The molecular weight excluding hydrogens is 698 g/mol. The normalized spacial score (nSPS) is 11.4. The predicted molar refractivity (Wildman–Crippen MR) is 249 cm³/mol. The first-order valence-corrected chi connectivity index (χ1v) is 19.3. The van der Waals surface area contributed by atoms with Gasteiger partial charge < -0.3 is 9.32 Å². The molecule has 0 fully saturated rings. The molecule has 6 heteroatoms. The molecule has 1 heterocycles. The fourth-order valence-electron chi connectivity index (χ4n) is 8.25. The van der Waals surface area contributed by atoms with Gasteiger partial charge in [-0.1, -0.05) is 174 Å². The lowest BCUT2D eigenvalue weighted by Gasteiger charge is -2.33. The van der Waals surface area contributed by atoms with Crippen molar-refractivity contribution in [2.45, 2.75) is 0 Å². The fraction of sp³-hybridized carbons (Fsp3) is 0. The van der Waals surface area contributed by atoms with Crippen LogP contribution in [-0.2, 0) is 0 Å². The summed E-state index contributed by atoms with van der Waals surface area (Å²) >= 11 is 0.